The normalized spacial score (nSPS) is 17.7. The first-order chi connectivity index (χ1) is 8.83. The van der Waals surface area contributed by atoms with Crippen molar-refractivity contribution in [1.29, 1.82) is 0 Å². The van der Waals surface area contributed by atoms with E-state index in [1.54, 1.807) is 0 Å². The van der Waals surface area contributed by atoms with Crippen LogP contribution in [0.4, 0.5) is 0 Å². The summed E-state index contributed by atoms with van der Waals surface area (Å²) in [5.74, 6) is 0.907. The van der Waals surface area contributed by atoms with Gasteiger partial charge in [0.15, 0.2) is 0 Å². The third-order valence-electron chi connectivity index (χ3n) is 4.76. The summed E-state index contributed by atoms with van der Waals surface area (Å²) < 4.78 is 0. The molecule has 0 heterocycles. The van der Waals surface area contributed by atoms with Crippen LogP contribution in [0.1, 0.15) is 96.8 Å². The van der Waals surface area contributed by atoms with Crippen LogP contribution in [0, 0.1) is 5.41 Å². The van der Waals surface area contributed by atoms with Crippen molar-refractivity contribution in [1.82, 2.24) is 0 Å². The summed E-state index contributed by atoms with van der Waals surface area (Å²) in [6.45, 7) is 2.29. The molecule has 0 aliphatic heterocycles. The number of rotatable bonds is 12. The molecule has 1 aliphatic carbocycles. The van der Waals surface area contributed by atoms with Gasteiger partial charge in [0.1, 0.15) is 0 Å². The fourth-order valence-electron chi connectivity index (χ4n) is 3.11. The number of alkyl halides is 1. The predicted octanol–water partition coefficient (Wildman–Crippen LogP) is 6.71. The summed E-state index contributed by atoms with van der Waals surface area (Å²) in [5.41, 5.74) is 0.571. The first kappa shape index (κ1) is 16.3. The molecule has 18 heavy (non-hydrogen) atoms. The van der Waals surface area contributed by atoms with E-state index in [2.05, 4.69) is 6.92 Å². The third-order valence-corrected chi connectivity index (χ3v) is 5.33. The zero-order chi connectivity index (χ0) is 13.1. The highest BCUT2D eigenvalue weighted by molar-refractivity contribution is 6.18. The molecule has 108 valence electrons. The van der Waals surface area contributed by atoms with Crippen LogP contribution in [0.25, 0.3) is 0 Å². The molecule has 0 N–H and O–H groups in total. The van der Waals surface area contributed by atoms with Crippen molar-refractivity contribution in [2.45, 2.75) is 96.8 Å². The van der Waals surface area contributed by atoms with Gasteiger partial charge in [-0.2, -0.15) is 0 Å². The number of unbranched alkanes of at least 4 members (excludes halogenated alkanes) is 9. The van der Waals surface area contributed by atoms with E-state index in [0.717, 1.165) is 5.88 Å². The van der Waals surface area contributed by atoms with Crippen LogP contribution in [0.5, 0.6) is 0 Å². The monoisotopic (exact) mass is 272 g/mol. The molecule has 1 aliphatic rings. The molecule has 0 nitrogen and oxygen atoms in total. The summed E-state index contributed by atoms with van der Waals surface area (Å²) in [6.07, 6.45) is 20.0. The Morgan fingerprint density at radius 1 is 0.778 bits per heavy atom. The van der Waals surface area contributed by atoms with Crippen molar-refractivity contribution in [2.75, 3.05) is 5.88 Å². The highest BCUT2D eigenvalue weighted by Crippen LogP contribution is 2.45. The van der Waals surface area contributed by atoms with Gasteiger partial charge < -0.3 is 0 Å². The van der Waals surface area contributed by atoms with Crippen LogP contribution in [0.15, 0.2) is 0 Å². The average Bonchev–Trinajstić information content (AvgIpc) is 2.34. The smallest absolute Gasteiger partial charge is 0.0279 e. The van der Waals surface area contributed by atoms with Crippen molar-refractivity contribution in [3.8, 4) is 0 Å². The van der Waals surface area contributed by atoms with Gasteiger partial charge in [0, 0.05) is 5.88 Å². The molecular formula is C17H33Cl. The molecule has 0 aromatic rings. The molecule has 0 unspecified atom stereocenters. The summed E-state index contributed by atoms with van der Waals surface area (Å²) in [5, 5.41) is 0. The van der Waals surface area contributed by atoms with Gasteiger partial charge in [-0.3, -0.25) is 0 Å². The second-order valence-electron chi connectivity index (χ2n) is 6.42. The lowest BCUT2D eigenvalue weighted by Crippen LogP contribution is -2.30. The topological polar surface area (TPSA) is 0 Å². The number of halogens is 1. The second kappa shape index (κ2) is 10.1. The van der Waals surface area contributed by atoms with Crippen LogP contribution in [0.3, 0.4) is 0 Å². The molecule has 0 aromatic heterocycles. The van der Waals surface area contributed by atoms with Gasteiger partial charge in [-0.25, -0.2) is 0 Å². The zero-order valence-electron chi connectivity index (χ0n) is 12.5. The minimum Gasteiger partial charge on any atom is -0.126 e. The van der Waals surface area contributed by atoms with Crippen LogP contribution in [-0.4, -0.2) is 5.88 Å². The minimum atomic E-state index is 0.571. The Balaban J connectivity index is 1.78. The van der Waals surface area contributed by atoms with Crippen LogP contribution in [0.2, 0.25) is 0 Å². The molecule has 0 amide bonds. The predicted molar refractivity (Wildman–Crippen MR) is 83.5 cm³/mol. The van der Waals surface area contributed by atoms with Crippen LogP contribution in [-0.2, 0) is 0 Å². The van der Waals surface area contributed by atoms with Crippen molar-refractivity contribution in [2.24, 2.45) is 5.41 Å². The number of hydrogen-bond acceptors (Lipinski definition) is 0. The van der Waals surface area contributed by atoms with E-state index in [4.69, 9.17) is 11.6 Å². The Kier molecular flexibility index (Phi) is 9.19. The third kappa shape index (κ3) is 6.45. The average molecular weight is 273 g/mol. The van der Waals surface area contributed by atoms with Crippen molar-refractivity contribution in [3.05, 3.63) is 0 Å². The SMILES string of the molecule is CCCCCCCCCCCCC1(CCl)CCC1. The molecule has 0 spiro atoms. The zero-order valence-corrected chi connectivity index (χ0v) is 13.2. The van der Waals surface area contributed by atoms with E-state index in [1.807, 2.05) is 0 Å². The largest absolute Gasteiger partial charge is 0.126 e. The molecule has 0 radical (unpaired) electrons. The lowest BCUT2D eigenvalue weighted by molar-refractivity contribution is 0.146. The van der Waals surface area contributed by atoms with Crippen molar-refractivity contribution >= 4 is 11.6 Å². The molecule has 0 bridgehead atoms. The van der Waals surface area contributed by atoms with E-state index in [9.17, 15) is 0 Å². The lowest BCUT2D eigenvalue weighted by Gasteiger charge is -2.40. The second-order valence-corrected chi connectivity index (χ2v) is 6.69. The Hall–Kier alpha value is 0.290. The maximum absolute atomic E-state index is 6.08. The quantitative estimate of drug-likeness (QED) is 0.274. The summed E-state index contributed by atoms with van der Waals surface area (Å²) in [7, 11) is 0. The van der Waals surface area contributed by atoms with Gasteiger partial charge in [0.25, 0.3) is 0 Å². The van der Waals surface area contributed by atoms with Crippen LogP contribution >= 0.6 is 11.6 Å². The molecular weight excluding hydrogens is 240 g/mol. The van der Waals surface area contributed by atoms with E-state index in [0.29, 0.717) is 5.41 Å². The van der Waals surface area contributed by atoms with E-state index in [1.165, 1.54) is 89.9 Å². The van der Waals surface area contributed by atoms with Crippen LogP contribution < -0.4 is 0 Å². The molecule has 1 rings (SSSR count). The first-order valence-electron chi connectivity index (χ1n) is 8.39. The molecule has 0 aromatic carbocycles. The fourth-order valence-corrected chi connectivity index (χ4v) is 3.52. The molecule has 1 saturated carbocycles. The van der Waals surface area contributed by atoms with Gasteiger partial charge in [-0.1, -0.05) is 77.6 Å². The van der Waals surface area contributed by atoms with Gasteiger partial charge in [-0.15, -0.1) is 11.6 Å². The Morgan fingerprint density at radius 2 is 1.28 bits per heavy atom. The maximum Gasteiger partial charge on any atom is 0.0279 e. The maximum atomic E-state index is 6.08. The summed E-state index contributed by atoms with van der Waals surface area (Å²) in [4.78, 5) is 0. The highest BCUT2D eigenvalue weighted by Gasteiger charge is 2.34. The van der Waals surface area contributed by atoms with Crippen molar-refractivity contribution in [3.63, 3.8) is 0 Å². The van der Waals surface area contributed by atoms with E-state index in [-0.39, 0.29) is 0 Å². The van der Waals surface area contributed by atoms with Gasteiger partial charge in [0.2, 0.25) is 0 Å². The van der Waals surface area contributed by atoms with Gasteiger partial charge in [0.05, 0.1) is 0 Å². The van der Waals surface area contributed by atoms with E-state index < -0.39 is 0 Å². The molecule has 0 atom stereocenters. The Morgan fingerprint density at radius 3 is 1.67 bits per heavy atom. The van der Waals surface area contributed by atoms with E-state index >= 15 is 0 Å². The van der Waals surface area contributed by atoms with Gasteiger partial charge >= 0.3 is 0 Å². The lowest BCUT2D eigenvalue weighted by atomic mass is 9.67. The molecule has 0 saturated heterocycles. The molecule has 1 heteroatoms. The van der Waals surface area contributed by atoms with Gasteiger partial charge in [-0.05, 0) is 24.7 Å². The summed E-state index contributed by atoms with van der Waals surface area (Å²) >= 11 is 6.08. The minimum absolute atomic E-state index is 0.571. The molecule has 1 fully saturated rings. The highest BCUT2D eigenvalue weighted by atomic mass is 35.5. The standard InChI is InChI=1S/C17H33Cl/c1-2-3-4-5-6-7-8-9-10-11-13-17(16-18)14-12-15-17/h2-16H2,1H3. The summed E-state index contributed by atoms with van der Waals surface area (Å²) in [6, 6.07) is 0. The Bertz CT molecular complexity index is 179. The fraction of sp³-hybridized carbons (Fsp3) is 1.00. The van der Waals surface area contributed by atoms with Crippen molar-refractivity contribution < 1.29 is 0 Å². The number of hydrogen-bond donors (Lipinski definition) is 0. The first-order valence-corrected chi connectivity index (χ1v) is 8.92. The Labute approximate surface area is 120 Å².